The van der Waals surface area contributed by atoms with Crippen molar-refractivity contribution in [1.82, 2.24) is 20.4 Å². The second-order valence-corrected chi connectivity index (χ2v) is 6.19. The third-order valence-electron chi connectivity index (χ3n) is 4.11. The van der Waals surface area contributed by atoms with E-state index in [1.54, 1.807) is 12.1 Å². The van der Waals surface area contributed by atoms with Crippen molar-refractivity contribution < 1.29 is 9.13 Å². The summed E-state index contributed by atoms with van der Waals surface area (Å²) in [5, 5.41) is 20.3. The van der Waals surface area contributed by atoms with E-state index in [1.165, 1.54) is 16.8 Å². The Bertz CT molecular complexity index is 840. The molecule has 0 aliphatic carbocycles. The molecule has 1 aromatic heterocycles. The van der Waals surface area contributed by atoms with Crippen LogP contribution in [-0.4, -0.2) is 48.6 Å². The first-order valence-electron chi connectivity index (χ1n) is 9.74. The maximum Gasteiger partial charge on any atom is 0.191 e. The third-order valence-corrected chi connectivity index (χ3v) is 4.11. The van der Waals surface area contributed by atoms with Gasteiger partial charge in [-0.3, -0.25) is 4.99 Å². The first-order chi connectivity index (χ1) is 14.1. The highest BCUT2D eigenvalue weighted by atomic mass is 19.1. The zero-order valence-corrected chi connectivity index (χ0v) is 16.9. The lowest BCUT2D eigenvalue weighted by Crippen LogP contribution is -2.39. The molecule has 0 spiro atoms. The first-order valence-corrected chi connectivity index (χ1v) is 9.74. The molecule has 8 nitrogen and oxygen atoms in total. The SMILES string of the molecule is CCNC(=NCCCc1nn(-c2ccc(F)cc2)c(N)c1C#N)NCCOCC. The molecule has 29 heavy (non-hydrogen) atoms. The lowest BCUT2D eigenvalue weighted by Gasteiger charge is -2.11. The standard InChI is InChI=1S/C20H28FN7O/c1-3-24-20(26-12-13-29-4-2)25-11-5-6-18-17(14-22)19(23)28(27-18)16-9-7-15(21)8-10-16/h7-10H,3-6,11-13,23H2,1-2H3,(H2,24,25,26). The van der Waals surface area contributed by atoms with Gasteiger partial charge in [-0.15, -0.1) is 0 Å². The molecular weight excluding hydrogens is 373 g/mol. The molecule has 0 atom stereocenters. The third kappa shape index (κ3) is 6.47. The lowest BCUT2D eigenvalue weighted by molar-refractivity contribution is 0.152. The number of ether oxygens (including phenoxy) is 1. The van der Waals surface area contributed by atoms with E-state index < -0.39 is 0 Å². The summed E-state index contributed by atoms with van der Waals surface area (Å²) in [5.41, 5.74) is 7.65. The lowest BCUT2D eigenvalue weighted by atomic mass is 10.1. The van der Waals surface area contributed by atoms with Crippen LogP contribution >= 0.6 is 0 Å². The number of rotatable bonds is 10. The number of aromatic nitrogens is 2. The van der Waals surface area contributed by atoms with E-state index in [0.717, 1.165) is 12.5 Å². The minimum atomic E-state index is -0.343. The average Bonchev–Trinajstić information content (AvgIpc) is 3.04. The predicted octanol–water partition coefficient (Wildman–Crippen LogP) is 1.99. The summed E-state index contributed by atoms with van der Waals surface area (Å²) in [4.78, 5) is 4.53. The molecule has 0 bridgehead atoms. The topological polar surface area (TPSA) is 113 Å². The Morgan fingerprint density at radius 3 is 2.72 bits per heavy atom. The van der Waals surface area contributed by atoms with Crippen LogP contribution in [0.5, 0.6) is 0 Å². The van der Waals surface area contributed by atoms with E-state index in [9.17, 15) is 9.65 Å². The number of aryl methyl sites for hydroxylation is 1. The molecule has 0 amide bonds. The van der Waals surface area contributed by atoms with Crippen LogP contribution in [0.15, 0.2) is 29.3 Å². The molecule has 1 heterocycles. The van der Waals surface area contributed by atoms with Crippen molar-refractivity contribution in [2.24, 2.45) is 4.99 Å². The molecule has 9 heteroatoms. The molecule has 0 fully saturated rings. The maximum atomic E-state index is 13.2. The van der Waals surface area contributed by atoms with E-state index in [-0.39, 0.29) is 11.6 Å². The molecule has 0 radical (unpaired) electrons. The molecule has 2 aromatic rings. The van der Waals surface area contributed by atoms with Gasteiger partial charge in [-0.05, 0) is 51.0 Å². The van der Waals surface area contributed by atoms with Gasteiger partial charge in [-0.1, -0.05) is 0 Å². The summed E-state index contributed by atoms with van der Waals surface area (Å²) in [6.45, 7) is 7.27. The Morgan fingerprint density at radius 1 is 1.31 bits per heavy atom. The zero-order chi connectivity index (χ0) is 21.1. The summed E-state index contributed by atoms with van der Waals surface area (Å²) in [7, 11) is 0. The Kier molecular flexibility index (Phi) is 8.92. The Hall–Kier alpha value is -3.12. The van der Waals surface area contributed by atoms with Gasteiger partial charge < -0.3 is 21.1 Å². The van der Waals surface area contributed by atoms with Crippen LogP contribution in [0.4, 0.5) is 10.2 Å². The quantitative estimate of drug-likeness (QED) is 0.319. The number of benzene rings is 1. The van der Waals surface area contributed by atoms with Crippen LogP contribution in [0.1, 0.15) is 31.5 Å². The highest BCUT2D eigenvalue weighted by molar-refractivity contribution is 5.79. The summed E-state index contributed by atoms with van der Waals surface area (Å²) < 4.78 is 19.9. The highest BCUT2D eigenvalue weighted by Gasteiger charge is 2.16. The second-order valence-electron chi connectivity index (χ2n) is 6.19. The number of nitriles is 1. The minimum absolute atomic E-state index is 0.253. The number of nitrogens with zero attached hydrogens (tertiary/aromatic N) is 4. The van der Waals surface area contributed by atoms with Crippen molar-refractivity contribution >= 4 is 11.8 Å². The van der Waals surface area contributed by atoms with Crippen molar-refractivity contribution in [1.29, 1.82) is 5.26 Å². The molecule has 0 aliphatic heterocycles. The number of nitrogen functional groups attached to an aromatic ring is 1. The van der Waals surface area contributed by atoms with E-state index >= 15 is 0 Å². The largest absolute Gasteiger partial charge is 0.382 e. The summed E-state index contributed by atoms with van der Waals surface area (Å²) in [6, 6.07) is 7.93. The molecule has 156 valence electrons. The molecular formula is C20H28FN7O. The highest BCUT2D eigenvalue weighted by Crippen LogP contribution is 2.21. The first kappa shape index (κ1) is 22.2. The van der Waals surface area contributed by atoms with Crippen LogP contribution in [0.3, 0.4) is 0 Å². The minimum Gasteiger partial charge on any atom is -0.382 e. The molecule has 1 aromatic carbocycles. The molecule has 0 saturated carbocycles. The van der Waals surface area contributed by atoms with Crippen molar-refractivity contribution in [3.63, 3.8) is 0 Å². The van der Waals surface area contributed by atoms with Gasteiger partial charge in [-0.25, -0.2) is 9.07 Å². The van der Waals surface area contributed by atoms with Crippen LogP contribution in [0.25, 0.3) is 5.69 Å². The van der Waals surface area contributed by atoms with Crippen molar-refractivity contribution in [3.8, 4) is 11.8 Å². The van der Waals surface area contributed by atoms with Crippen LogP contribution < -0.4 is 16.4 Å². The van der Waals surface area contributed by atoms with Crippen molar-refractivity contribution in [3.05, 3.63) is 41.3 Å². The van der Waals surface area contributed by atoms with Gasteiger partial charge in [0.1, 0.15) is 23.3 Å². The molecule has 2 rings (SSSR count). The summed E-state index contributed by atoms with van der Waals surface area (Å²) >= 11 is 0. The van der Waals surface area contributed by atoms with Crippen molar-refractivity contribution in [2.75, 3.05) is 38.6 Å². The van der Waals surface area contributed by atoms with Gasteiger partial charge in [0, 0.05) is 26.2 Å². The number of guanidine groups is 1. The van der Waals surface area contributed by atoms with Gasteiger partial charge in [0.25, 0.3) is 0 Å². The average molecular weight is 401 g/mol. The van der Waals surface area contributed by atoms with E-state index in [0.29, 0.717) is 56.1 Å². The van der Waals surface area contributed by atoms with Gasteiger partial charge >= 0.3 is 0 Å². The van der Waals surface area contributed by atoms with Crippen LogP contribution in [0, 0.1) is 17.1 Å². The number of anilines is 1. The zero-order valence-electron chi connectivity index (χ0n) is 16.9. The Balaban J connectivity index is 1.99. The Labute approximate surface area is 170 Å². The number of hydrogen-bond donors (Lipinski definition) is 3. The van der Waals surface area contributed by atoms with E-state index in [4.69, 9.17) is 10.5 Å². The van der Waals surface area contributed by atoms with Crippen LogP contribution in [-0.2, 0) is 11.2 Å². The molecule has 4 N–H and O–H groups in total. The van der Waals surface area contributed by atoms with Gasteiger partial charge in [0.15, 0.2) is 5.96 Å². The number of halogens is 1. The second kappa shape index (κ2) is 11.7. The fourth-order valence-corrected chi connectivity index (χ4v) is 2.72. The smallest absolute Gasteiger partial charge is 0.191 e. The number of hydrogen-bond acceptors (Lipinski definition) is 5. The number of nitrogens with one attached hydrogen (secondary N) is 2. The molecule has 0 unspecified atom stereocenters. The number of nitrogens with two attached hydrogens (primary N) is 1. The Morgan fingerprint density at radius 2 is 2.07 bits per heavy atom. The molecule has 0 aliphatic rings. The predicted molar refractivity (Wildman–Crippen MR) is 111 cm³/mol. The summed E-state index contributed by atoms with van der Waals surface area (Å²) in [6.07, 6.45) is 1.26. The van der Waals surface area contributed by atoms with Gasteiger partial charge in [0.05, 0.1) is 18.0 Å². The maximum absolute atomic E-state index is 13.2. The molecule has 0 saturated heterocycles. The normalized spacial score (nSPS) is 11.3. The van der Waals surface area contributed by atoms with E-state index in [1.807, 2.05) is 13.8 Å². The fraction of sp³-hybridized carbons (Fsp3) is 0.450. The summed E-state index contributed by atoms with van der Waals surface area (Å²) in [5.74, 6) is 0.636. The van der Waals surface area contributed by atoms with Crippen LogP contribution in [0.2, 0.25) is 0 Å². The fourth-order valence-electron chi connectivity index (χ4n) is 2.72. The van der Waals surface area contributed by atoms with Gasteiger partial charge in [0.2, 0.25) is 0 Å². The monoisotopic (exact) mass is 401 g/mol. The van der Waals surface area contributed by atoms with E-state index in [2.05, 4.69) is 26.8 Å². The van der Waals surface area contributed by atoms with Gasteiger partial charge in [-0.2, -0.15) is 10.4 Å². The van der Waals surface area contributed by atoms with Crippen molar-refractivity contribution in [2.45, 2.75) is 26.7 Å². The number of aliphatic imine (C=N–C) groups is 1.